The number of aliphatic carboxylic acids is 1. The minimum absolute atomic E-state index is 0.0532. The number of amides is 1. The van der Waals surface area contributed by atoms with Gasteiger partial charge in [0.1, 0.15) is 12.2 Å². The first-order valence-electron chi connectivity index (χ1n) is 6.72. The van der Waals surface area contributed by atoms with Crippen LogP contribution < -0.4 is 5.32 Å². The molecule has 23 heavy (non-hydrogen) atoms. The first kappa shape index (κ1) is 18.8. The second-order valence-electron chi connectivity index (χ2n) is 4.87. The van der Waals surface area contributed by atoms with Crippen molar-refractivity contribution in [2.75, 3.05) is 0 Å². The molecule has 0 saturated heterocycles. The predicted octanol–water partition coefficient (Wildman–Crippen LogP) is -1.53. The quantitative estimate of drug-likeness (QED) is 0.340. The normalized spacial score (nSPS) is 16.0. The number of nitrogens with one attached hydrogen (secondary N) is 1. The highest BCUT2D eigenvalue weighted by molar-refractivity contribution is 5.81. The Balaban J connectivity index is 2.58. The molecule has 0 aliphatic heterocycles. The monoisotopic (exact) mass is 325 g/mol. The van der Waals surface area contributed by atoms with E-state index < -0.39 is 36.3 Å². The number of carbonyl (C=O) groups is 2. The van der Waals surface area contributed by atoms with Crippen LogP contribution in [0.1, 0.15) is 11.1 Å². The zero-order valence-electron chi connectivity index (χ0n) is 12.2. The van der Waals surface area contributed by atoms with Gasteiger partial charge >= 0.3 is 5.97 Å². The van der Waals surface area contributed by atoms with Crippen LogP contribution in [0.5, 0.6) is 0 Å². The average Bonchev–Trinajstić information content (AvgIpc) is 2.57. The second kappa shape index (κ2) is 8.39. The SMILES string of the molecule is C=Cc1ccc(CNC(=O)[C@@H](O)[C@@H](O)[C@H](O)[C@@H](O)C(=O)O)cc1. The van der Waals surface area contributed by atoms with Crippen LogP contribution in [-0.2, 0) is 16.1 Å². The first-order chi connectivity index (χ1) is 10.8. The molecule has 126 valence electrons. The Bertz CT molecular complexity index is 557. The topological polar surface area (TPSA) is 147 Å². The molecule has 0 unspecified atom stereocenters. The lowest BCUT2D eigenvalue weighted by Crippen LogP contribution is -2.52. The van der Waals surface area contributed by atoms with Gasteiger partial charge in [-0.2, -0.15) is 0 Å². The Labute approximate surface area is 132 Å². The van der Waals surface area contributed by atoms with E-state index in [1.54, 1.807) is 30.3 Å². The van der Waals surface area contributed by atoms with Crippen LogP contribution in [0.3, 0.4) is 0 Å². The number of carbonyl (C=O) groups excluding carboxylic acids is 1. The Morgan fingerprint density at radius 1 is 1.04 bits per heavy atom. The molecule has 8 nitrogen and oxygen atoms in total. The van der Waals surface area contributed by atoms with E-state index in [0.717, 1.165) is 11.1 Å². The van der Waals surface area contributed by atoms with Crippen molar-refractivity contribution < 1.29 is 35.1 Å². The van der Waals surface area contributed by atoms with Crippen molar-refractivity contribution in [1.82, 2.24) is 5.32 Å². The Morgan fingerprint density at radius 3 is 2.04 bits per heavy atom. The molecule has 1 amide bonds. The van der Waals surface area contributed by atoms with Gasteiger partial charge in [-0.3, -0.25) is 4.79 Å². The van der Waals surface area contributed by atoms with Gasteiger partial charge in [-0.05, 0) is 11.1 Å². The Hall–Kier alpha value is -2.26. The van der Waals surface area contributed by atoms with E-state index >= 15 is 0 Å². The minimum atomic E-state index is -2.32. The Morgan fingerprint density at radius 2 is 1.57 bits per heavy atom. The zero-order valence-corrected chi connectivity index (χ0v) is 12.2. The molecule has 1 aromatic rings. The summed E-state index contributed by atoms with van der Waals surface area (Å²) in [7, 11) is 0. The summed E-state index contributed by atoms with van der Waals surface area (Å²) >= 11 is 0. The highest BCUT2D eigenvalue weighted by Crippen LogP contribution is 2.08. The molecule has 0 spiro atoms. The number of carboxylic acid groups (broad SMARTS) is 1. The maximum Gasteiger partial charge on any atom is 0.335 e. The van der Waals surface area contributed by atoms with Crippen LogP contribution in [0.15, 0.2) is 30.8 Å². The van der Waals surface area contributed by atoms with Crippen molar-refractivity contribution in [3.63, 3.8) is 0 Å². The van der Waals surface area contributed by atoms with Crippen molar-refractivity contribution in [3.05, 3.63) is 42.0 Å². The van der Waals surface area contributed by atoms with Gasteiger partial charge in [0.15, 0.2) is 12.2 Å². The molecule has 1 aromatic carbocycles. The lowest BCUT2D eigenvalue weighted by atomic mass is 10.0. The average molecular weight is 325 g/mol. The highest BCUT2D eigenvalue weighted by Gasteiger charge is 2.37. The Kier molecular flexibility index (Phi) is 6.86. The molecule has 0 aliphatic carbocycles. The predicted molar refractivity (Wildman–Crippen MR) is 80.0 cm³/mol. The fourth-order valence-electron chi connectivity index (χ4n) is 1.74. The van der Waals surface area contributed by atoms with Gasteiger partial charge in [0.05, 0.1) is 0 Å². The minimum Gasteiger partial charge on any atom is -0.479 e. The van der Waals surface area contributed by atoms with Crippen LogP contribution in [0.4, 0.5) is 0 Å². The molecule has 0 bridgehead atoms. The number of hydrogen-bond donors (Lipinski definition) is 6. The molecule has 0 aromatic heterocycles. The number of benzene rings is 1. The summed E-state index contributed by atoms with van der Waals surface area (Å²) in [6, 6.07) is 6.99. The van der Waals surface area contributed by atoms with Crippen LogP contribution in [0, 0.1) is 0 Å². The van der Waals surface area contributed by atoms with E-state index in [9.17, 15) is 24.9 Å². The zero-order chi connectivity index (χ0) is 17.6. The van der Waals surface area contributed by atoms with Crippen LogP contribution in [-0.4, -0.2) is 61.8 Å². The van der Waals surface area contributed by atoms with Gasteiger partial charge in [0, 0.05) is 6.54 Å². The van der Waals surface area contributed by atoms with Gasteiger partial charge in [-0.25, -0.2) is 4.79 Å². The fraction of sp³-hybridized carbons (Fsp3) is 0.333. The number of aliphatic hydroxyl groups excluding tert-OH is 4. The molecule has 0 radical (unpaired) electrons. The summed E-state index contributed by atoms with van der Waals surface area (Å²) in [6.07, 6.45) is -7.12. The van der Waals surface area contributed by atoms with Gasteiger partial charge in [-0.15, -0.1) is 0 Å². The summed E-state index contributed by atoms with van der Waals surface area (Å²) in [5.74, 6) is -2.80. The molecule has 6 N–H and O–H groups in total. The lowest BCUT2D eigenvalue weighted by Gasteiger charge is -2.24. The molecule has 4 atom stereocenters. The molecular formula is C15H19NO7. The number of carboxylic acids is 1. The molecule has 1 rings (SSSR count). The highest BCUT2D eigenvalue weighted by atomic mass is 16.4. The van der Waals surface area contributed by atoms with Crippen molar-refractivity contribution >= 4 is 18.0 Å². The van der Waals surface area contributed by atoms with E-state index in [-0.39, 0.29) is 6.54 Å². The van der Waals surface area contributed by atoms with Crippen molar-refractivity contribution in [3.8, 4) is 0 Å². The van der Waals surface area contributed by atoms with Gasteiger partial charge in [0.25, 0.3) is 5.91 Å². The van der Waals surface area contributed by atoms with Crippen molar-refractivity contribution in [1.29, 1.82) is 0 Å². The van der Waals surface area contributed by atoms with Gasteiger partial charge in [-0.1, -0.05) is 36.9 Å². The first-order valence-corrected chi connectivity index (χ1v) is 6.72. The largest absolute Gasteiger partial charge is 0.479 e. The molecule has 0 aliphatic rings. The number of hydrogen-bond acceptors (Lipinski definition) is 6. The smallest absolute Gasteiger partial charge is 0.335 e. The summed E-state index contributed by atoms with van der Waals surface area (Å²) in [5, 5.41) is 48.5. The number of aliphatic hydroxyl groups is 4. The van der Waals surface area contributed by atoms with Crippen molar-refractivity contribution in [2.45, 2.75) is 31.0 Å². The van der Waals surface area contributed by atoms with E-state index in [1.807, 2.05) is 0 Å². The van der Waals surface area contributed by atoms with Crippen molar-refractivity contribution in [2.24, 2.45) is 0 Å². The lowest BCUT2D eigenvalue weighted by molar-refractivity contribution is -0.166. The van der Waals surface area contributed by atoms with Gasteiger partial charge < -0.3 is 30.8 Å². The number of rotatable bonds is 8. The molecular weight excluding hydrogens is 306 g/mol. The molecule has 0 heterocycles. The van der Waals surface area contributed by atoms with Crippen LogP contribution in [0.2, 0.25) is 0 Å². The third kappa shape index (κ3) is 5.15. The fourth-order valence-corrected chi connectivity index (χ4v) is 1.74. The maximum atomic E-state index is 11.7. The molecule has 0 saturated carbocycles. The third-order valence-corrected chi connectivity index (χ3v) is 3.20. The van der Waals surface area contributed by atoms with Gasteiger partial charge in [0.2, 0.25) is 0 Å². The van der Waals surface area contributed by atoms with E-state index in [4.69, 9.17) is 10.2 Å². The summed E-state index contributed by atoms with van der Waals surface area (Å²) in [5.41, 5.74) is 1.61. The summed E-state index contributed by atoms with van der Waals surface area (Å²) in [4.78, 5) is 22.2. The van der Waals surface area contributed by atoms with E-state index in [2.05, 4.69) is 11.9 Å². The van der Waals surface area contributed by atoms with Crippen LogP contribution in [0.25, 0.3) is 6.08 Å². The summed E-state index contributed by atoms with van der Waals surface area (Å²) in [6.45, 7) is 3.66. The molecule has 0 fully saturated rings. The molecule has 8 heteroatoms. The standard InChI is InChI=1S/C15H19NO7/c1-2-8-3-5-9(6-4-8)7-16-14(21)12(19)10(17)11(18)13(20)15(22)23/h2-6,10-13,17-20H,1,7H2,(H,16,21)(H,22,23)/t10-,11-,12-,13+/m0/s1. The van der Waals surface area contributed by atoms with Crippen LogP contribution >= 0.6 is 0 Å². The maximum absolute atomic E-state index is 11.7. The van der Waals surface area contributed by atoms with E-state index in [1.165, 1.54) is 0 Å². The second-order valence-corrected chi connectivity index (χ2v) is 4.87. The summed E-state index contributed by atoms with van der Waals surface area (Å²) < 4.78 is 0. The van der Waals surface area contributed by atoms with E-state index in [0.29, 0.717) is 0 Å². The third-order valence-electron chi connectivity index (χ3n) is 3.20.